The average Bonchev–Trinajstić information content (AvgIpc) is 2.29. The number of thiocarbonyl (C=S) groups is 1. The minimum absolute atomic E-state index is 0.535. The summed E-state index contributed by atoms with van der Waals surface area (Å²) in [5.74, 6) is 0. The Labute approximate surface area is 109 Å². The van der Waals surface area contributed by atoms with Gasteiger partial charge in [-0.1, -0.05) is 22.0 Å². The van der Waals surface area contributed by atoms with Gasteiger partial charge >= 0.3 is 0 Å². The van der Waals surface area contributed by atoms with E-state index < -0.39 is 0 Å². The second kappa shape index (κ2) is 7.14. The number of hydrogen-bond donors (Lipinski definition) is 3. The van der Waals surface area contributed by atoms with Crippen molar-refractivity contribution in [3.63, 3.8) is 0 Å². The Morgan fingerprint density at radius 2 is 2.12 bits per heavy atom. The van der Waals surface area contributed by atoms with Crippen LogP contribution in [0.25, 0.3) is 0 Å². The lowest BCUT2D eigenvalue weighted by molar-refractivity contribution is -0.500. The van der Waals surface area contributed by atoms with E-state index >= 15 is 0 Å². The molecule has 0 amide bonds. The number of hydrazone groups is 1. The summed E-state index contributed by atoms with van der Waals surface area (Å²) in [7, 11) is 0. The molecular weight excluding hydrogens is 286 g/mol. The number of benzene rings is 1. The van der Waals surface area contributed by atoms with Gasteiger partial charge in [0.25, 0.3) is 0 Å². The number of hydrogen-bond acceptors (Lipinski definition) is 1. The van der Waals surface area contributed by atoms with E-state index in [0.717, 1.165) is 10.0 Å². The van der Waals surface area contributed by atoms with Crippen LogP contribution in [-0.2, 0) is 0 Å². The third kappa shape index (κ3) is 5.04. The van der Waals surface area contributed by atoms with Crippen molar-refractivity contribution in [1.29, 1.82) is 0 Å². The molecule has 1 aromatic rings. The van der Waals surface area contributed by atoms with Crippen molar-refractivity contribution in [2.45, 2.75) is 0 Å². The van der Waals surface area contributed by atoms with E-state index in [0.29, 0.717) is 11.7 Å². The van der Waals surface area contributed by atoms with Gasteiger partial charge in [0, 0.05) is 16.6 Å². The zero-order valence-electron chi connectivity index (χ0n) is 8.66. The fourth-order valence-corrected chi connectivity index (χ4v) is 1.36. The van der Waals surface area contributed by atoms with Crippen molar-refractivity contribution < 1.29 is 5.10 Å². The Bertz CT molecular complexity index is 387. The maximum Gasteiger partial charge on any atom is 0.224 e. The van der Waals surface area contributed by atoms with Gasteiger partial charge in [0.1, 0.15) is 0 Å². The molecule has 3 N–H and O–H groups in total. The molecule has 5 heteroatoms. The van der Waals surface area contributed by atoms with E-state index in [4.69, 9.17) is 12.2 Å². The first-order valence-corrected chi connectivity index (χ1v) is 5.91. The maximum absolute atomic E-state index is 5.00. The van der Waals surface area contributed by atoms with Crippen molar-refractivity contribution >= 4 is 39.5 Å². The highest BCUT2D eigenvalue weighted by Gasteiger charge is 1.94. The molecule has 0 aliphatic carbocycles. The van der Waals surface area contributed by atoms with Gasteiger partial charge in [-0.3, -0.25) is 0 Å². The summed E-state index contributed by atoms with van der Waals surface area (Å²) >= 11 is 8.37. The van der Waals surface area contributed by atoms with Crippen molar-refractivity contribution in [2.24, 2.45) is 0 Å². The van der Waals surface area contributed by atoms with Crippen LogP contribution in [0.4, 0.5) is 0 Å². The van der Waals surface area contributed by atoms with Crippen LogP contribution in [0.5, 0.6) is 0 Å². The standard InChI is InChI=1S/C11H12BrN3S/c1-2-7-13-11(16)15-14-8-9-3-5-10(12)6-4-9/h2-6,8H,1,7H2,(H2,13,15,16)/p+1. The van der Waals surface area contributed by atoms with Crippen LogP contribution in [0.2, 0.25) is 0 Å². The van der Waals surface area contributed by atoms with Crippen molar-refractivity contribution in [3.05, 3.63) is 47.0 Å². The molecule has 1 rings (SSSR count). The smallest absolute Gasteiger partial charge is 0.224 e. The van der Waals surface area contributed by atoms with Crippen LogP contribution >= 0.6 is 28.1 Å². The fraction of sp³-hybridized carbons (Fsp3) is 0.0909. The maximum atomic E-state index is 5.00. The lowest BCUT2D eigenvalue weighted by Gasteiger charge is -1.98. The third-order valence-electron chi connectivity index (χ3n) is 1.70. The molecule has 0 aliphatic rings. The minimum Gasteiger partial charge on any atom is -0.355 e. The first-order valence-electron chi connectivity index (χ1n) is 4.71. The molecule has 0 atom stereocenters. The predicted octanol–water partition coefficient (Wildman–Crippen LogP) is 0.514. The molecule has 0 saturated carbocycles. The van der Waals surface area contributed by atoms with E-state index in [1.165, 1.54) is 0 Å². The topological polar surface area (TPSA) is 38.0 Å². The summed E-state index contributed by atoms with van der Waals surface area (Å²) in [6.07, 6.45) is 3.57. The number of halogens is 1. The summed E-state index contributed by atoms with van der Waals surface area (Å²) < 4.78 is 1.06. The highest BCUT2D eigenvalue weighted by atomic mass is 79.9. The van der Waals surface area contributed by atoms with Gasteiger partial charge in [0.2, 0.25) is 5.11 Å². The largest absolute Gasteiger partial charge is 0.355 e. The lowest BCUT2D eigenvalue weighted by Crippen LogP contribution is -2.82. The van der Waals surface area contributed by atoms with Crippen LogP contribution in [0, 0.1) is 0 Å². The molecule has 16 heavy (non-hydrogen) atoms. The van der Waals surface area contributed by atoms with Gasteiger partial charge in [-0.25, -0.2) is 0 Å². The Morgan fingerprint density at radius 1 is 1.44 bits per heavy atom. The highest BCUT2D eigenvalue weighted by Crippen LogP contribution is 2.08. The third-order valence-corrected chi connectivity index (χ3v) is 2.48. The molecule has 0 spiro atoms. The van der Waals surface area contributed by atoms with Gasteiger partial charge in [0.05, 0.1) is 0 Å². The summed E-state index contributed by atoms with van der Waals surface area (Å²) in [6.45, 7) is 4.23. The molecule has 3 nitrogen and oxygen atoms in total. The summed E-state index contributed by atoms with van der Waals surface area (Å²) in [5, 5.41) is 6.38. The molecule has 1 aromatic carbocycles. The molecule has 0 radical (unpaired) electrons. The van der Waals surface area contributed by atoms with E-state index in [9.17, 15) is 0 Å². The zero-order chi connectivity index (χ0) is 11.8. The summed E-state index contributed by atoms with van der Waals surface area (Å²) in [4.78, 5) is 0. The molecule has 84 valence electrons. The fourth-order valence-electron chi connectivity index (χ4n) is 0.953. The van der Waals surface area contributed by atoms with Crippen molar-refractivity contribution in [3.8, 4) is 0 Å². The molecule has 0 unspecified atom stereocenters. The minimum atomic E-state index is 0.535. The number of rotatable bonds is 4. The van der Waals surface area contributed by atoms with Crippen LogP contribution < -0.4 is 15.8 Å². The predicted molar refractivity (Wildman–Crippen MR) is 74.2 cm³/mol. The van der Waals surface area contributed by atoms with Crippen molar-refractivity contribution in [2.75, 3.05) is 6.54 Å². The quantitative estimate of drug-likeness (QED) is 0.328. The molecule has 0 fully saturated rings. The Balaban J connectivity index is 2.39. The van der Waals surface area contributed by atoms with Gasteiger partial charge in [-0.05, 0) is 36.5 Å². The van der Waals surface area contributed by atoms with Gasteiger partial charge in [-0.15, -0.1) is 17.1 Å². The number of hydrazine groups is 1. The lowest BCUT2D eigenvalue weighted by atomic mass is 10.2. The van der Waals surface area contributed by atoms with Gasteiger partial charge in [0.15, 0.2) is 6.21 Å². The molecule has 0 aromatic heterocycles. The van der Waals surface area contributed by atoms with Crippen molar-refractivity contribution in [1.82, 2.24) is 10.7 Å². The van der Waals surface area contributed by atoms with Gasteiger partial charge in [-0.2, -0.15) is 0 Å². The average molecular weight is 299 g/mol. The number of nitrogens with one attached hydrogen (secondary N) is 3. The van der Waals surface area contributed by atoms with Crippen LogP contribution in [0.1, 0.15) is 5.56 Å². The highest BCUT2D eigenvalue weighted by molar-refractivity contribution is 9.10. The Hall–Kier alpha value is -1.20. The van der Waals surface area contributed by atoms with Gasteiger partial charge < -0.3 is 5.32 Å². The normalized spacial score (nSPS) is 10.1. The monoisotopic (exact) mass is 298 g/mol. The van der Waals surface area contributed by atoms with E-state index in [1.54, 1.807) is 6.08 Å². The molecule has 0 bridgehead atoms. The zero-order valence-corrected chi connectivity index (χ0v) is 11.1. The molecular formula is C11H13BrN3S+. The van der Waals surface area contributed by atoms with E-state index in [1.807, 2.05) is 30.5 Å². The van der Waals surface area contributed by atoms with Crippen LogP contribution in [0.15, 0.2) is 41.4 Å². The summed E-state index contributed by atoms with van der Waals surface area (Å²) in [6, 6.07) is 7.92. The Morgan fingerprint density at radius 3 is 2.75 bits per heavy atom. The molecule has 0 heterocycles. The van der Waals surface area contributed by atoms with E-state index in [-0.39, 0.29) is 0 Å². The van der Waals surface area contributed by atoms with Crippen LogP contribution in [-0.4, -0.2) is 17.9 Å². The second-order valence-corrected chi connectivity index (χ2v) is 4.29. The first-order chi connectivity index (χ1) is 7.72. The Kier molecular flexibility index (Phi) is 5.74. The summed E-state index contributed by atoms with van der Waals surface area (Å²) in [5.41, 5.74) is 3.89. The second-order valence-electron chi connectivity index (χ2n) is 2.96. The van der Waals surface area contributed by atoms with Crippen LogP contribution in [0.3, 0.4) is 0 Å². The molecule has 0 saturated heterocycles. The van der Waals surface area contributed by atoms with E-state index in [2.05, 4.69) is 38.4 Å². The SMILES string of the molecule is C=CCNC(=S)N[NH+]=Cc1ccc(Br)cc1. The first kappa shape index (κ1) is 12.9. The molecule has 0 aliphatic heterocycles.